The van der Waals surface area contributed by atoms with Gasteiger partial charge < -0.3 is 5.32 Å². The van der Waals surface area contributed by atoms with Crippen molar-refractivity contribution in [3.8, 4) is 0 Å². The molecule has 0 spiro atoms. The van der Waals surface area contributed by atoms with Crippen molar-refractivity contribution in [2.45, 2.75) is 25.8 Å². The van der Waals surface area contributed by atoms with Crippen molar-refractivity contribution in [1.29, 1.82) is 0 Å². The zero-order chi connectivity index (χ0) is 7.68. The maximum Gasteiger partial charge on any atom is 0.0417 e. The van der Waals surface area contributed by atoms with E-state index in [1.54, 1.807) is 4.88 Å². The lowest BCUT2D eigenvalue weighted by Crippen LogP contribution is -2.12. The molecule has 1 N–H and O–H groups in total. The highest BCUT2D eigenvalue weighted by atomic mass is 32.1. The van der Waals surface area contributed by atoms with Gasteiger partial charge in [-0.15, -0.1) is 11.3 Å². The molecule has 1 saturated heterocycles. The van der Waals surface area contributed by atoms with E-state index in [9.17, 15) is 0 Å². The first-order chi connectivity index (χ1) is 5.38. The lowest BCUT2D eigenvalue weighted by Gasteiger charge is -2.07. The molecule has 0 bridgehead atoms. The number of nitrogens with one attached hydrogen (secondary N) is 1. The Hall–Kier alpha value is -0.340. The van der Waals surface area contributed by atoms with Crippen molar-refractivity contribution < 1.29 is 0 Å². The van der Waals surface area contributed by atoms with Crippen molar-refractivity contribution in [3.05, 3.63) is 21.9 Å². The van der Waals surface area contributed by atoms with E-state index in [2.05, 4.69) is 23.7 Å². The molecular formula is C9H13NS. The normalized spacial score (nSPS) is 24.3. The fourth-order valence-electron chi connectivity index (χ4n) is 1.65. The molecule has 1 aliphatic rings. The van der Waals surface area contributed by atoms with Crippen molar-refractivity contribution in [1.82, 2.24) is 5.32 Å². The van der Waals surface area contributed by atoms with Gasteiger partial charge in [-0.1, -0.05) is 0 Å². The summed E-state index contributed by atoms with van der Waals surface area (Å²) >= 11 is 1.88. The summed E-state index contributed by atoms with van der Waals surface area (Å²) < 4.78 is 0. The first kappa shape index (κ1) is 7.32. The maximum atomic E-state index is 3.51. The Labute approximate surface area is 71.4 Å². The molecule has 1 atom stereocenters. The number of thiophene rings is 1. The molecule has 0 amide bonds. The Balaban J connectivity index is 2.21. The standard InChI is InChI=1S/C9H13NS/c1-7-4-6-11-9(7)8-3-2-5-10-8/h4,6,8,10H,2-3,5H2,1H3/t8-/m0/s1. The van der Waals surface area contributed by atoms with Gasteiger partial charge in [-0.25, -0.2) is 0 Å². The van der Waals surface area contributed by atoms with Crippen molar-refractivity contribution >= 4 is 11.3 Å². The van der Waals surface area contributed by atoms with Gasteiger partial charge in [0.2, 0.25) is 0 Å². The summed E-state index contributed by atoms with van der Waals surface area (Å²) in [6.45, 7) is 3.40. The quantitative estimate of drug-likeness (QED) is 0.677. The minimum absolute atomic E-state index is 0.662. The average Bonchev–Trinajstić information content (AvgIpc) is 2.55. The van der Waals surface area contributed by atoms with Crippen LogP contribution in [0.25, 0.3) is 0 Å². The van der Waals surface area contributed by atoms with Gasteiger partial charge in [-0.3, -0.25) is 0 Å². The lowest BCUT2D eigenvalue weighted by atomic mass is 10.1. The van der Waals surface area contributed by atoms with Gasteiger partial charge >= 0.3 is 0 Å². The van der Waals surface area contributed by atoms with Gasteiger partial charge in [0, 0.05) is 10.9 Å². The number of aryl methyl sites for hydroxylation is 1. The molecule has 1 aromatic heterocycles. The zero-order valence-corrected chi connectivity index (χ0v) is 7.58. The van der Waals surface area contributed by atoms with Crippen molar-refractivity contribution in [3.63, 3.8) is 0 Å². The van der Waals surface area contributed by atoms with E-state index >= 15 is 0 Å². The fraction of sp³-hybridized carbons (Fsp3) is 0.556. The van der Waals surface area contributed by atoms with E-state index in [4.69, 9.17) is 0 Å². The zero-order valence-electron chi connectivity index (χ0n) is 6.76. The van der Waals surface area contributed by atoms with E-state index in [0.29, 0.717) is 6.04 Å². The van der Waals surface area contributed by atoms with Crippen LogP contribution in [0, 0.1) is 6.92 Å². The van der Waals surface area contributed by atoms with Gasteiger partial charge in [-0.05, 0) is 43.3 Å². The molecular weight excluding hydrogens is 154 g/mol. The third kappa shape index (κ3) is 1.33. The highest BCUT2D eigenvalue weighted by Crippen LogP contribution is 2.29. The second kappa shape index (κ2) is 2.95. The number of hydrogen-bond donors (Lipinski definition) is 1. The Morgan fingerprint density at radius 1 is 1.64 bits per heavy atom. The van der Waals surface area contributed by atoms with Crippen LogP contribution >= 0.6 is 11.3 Å². The SMILES string of the molecule is Cc1ccsc1[C@@H]1CCCN1. The van der Waals surface area contributed by atoms with Crippen LogP contribution < -0.4 is 5.32 Å². The van der Waals surface area contributed by atoms with E-state index in [-0.39, 0.29) is 0 Å². The Kier molecular flexibility index (Phi) is 1.96. The van der Waals surface area contributed by atoms with Gasteiger partial charge in [0.1, 0.15) is 0 Å². The molecule has 0 saturated carbocycles. The highest BCUT2D eigenvalue weighted by Gasteiger charge is 2.18. The molecule has 1 fully saturated rings. The van der Waals surface area contributed by atoms with Gasteiger partial charge in [0.25, 0.3) is 0 Å². The lowest BCUT2D eigenvalue weighted by molar-refractivity contribution is 0.656. The largest absolute Gasteiger partial charge is 0.309 e. The third-order valence-corrected chi connectivity index (χ3v) is 3.41. The molecule has 11 heavy (non-hydrogen) atoms. The van der Waals surface area contributed by atoms with Gasteiger partial charge in [-0.2, -0.15) is 0 Å². The molecule has 2 heteroatoms. The predicted molar refractivity (Wildman–Crippen MR) is 49.0 cm³/mol. The number of hydrogen-bond acceptors (Lipinski definition) is 2. The van der Waals surface area contributed by atoms with E-state index in [0.717, 1.165) is 0 Å². The van der Waals surface area contributed by atoms with Crippen LogP contribution in [0.5, 0.6) is 0 Å². The molecule has 2 rings (SSSR count). The summed E-state index contributed by atoms with van der Waals surface area (Å²) in [7, 11) is 0. The summed E-state index contributed by atoms with van der Waals surface area (Å²) in [4.78, 5) is 1.54. The van der Waals surface area contributed by atoms with E-state index in [1.165, 1.54) is 24.9 Å². The molecule has 60 valence electrons. The molecule has 1 nitrogen and oxygen atoms in total. The first-order valence-electron chi connectivity index (χ1n) is 4.15. The molecule has 2 heterocycles. The van der Waals surface area contributed by atoms with Crippen molar-refractivity contribution in [2.75, 3.05) is 6.54 Å². The van der Waals surface area contributed by atoms with Crippen molar-refractivity contribution in [2.24, 2.45) is 0 Å². The maximum absolute atomic E-state index is 3.51. The summed E-state index contributed by atoms with van der Waals surface area (Å²) in [6.07, 6.45) is 2.66. The Bertz CT molecular complexity index is 235. The average molecular weight is 167 g/mol. The van der Waals surface area contributed by atoms with Gasteiger partial charge in [0.05, 0.1) is 0 Å². The van der Waals surface area contributed by atoms with E-state index in [1.807, 2.05) is 11.3 Å². The number of rotatable bonds is 1. The van der Waals surface area contributed by atoms with Crippen LogP contribution in [0.1, 0.15) is 29.3 Å². The van der Waals surface area contributed by atoms with Crippen LogP contribution in [0.3, 0.4) is 0 Å². The fourth-order valence-corrected chi connectivity index (χ4v) is 2.69. The van der Waals surface area contributed by atoms with Crippen LogP contribution in [0.15, 0.2) is 11.4 Å². The Morgan fingerprint density at radius 2 is 2.55 bits per heavy atom. The second-order valence-corrected chi connectivity index (χ2v) is 4.06. The predicted octanol–water partition coefficient (Wildman–Crippen LogP) is 2.48. The molecule has 0 aliphatic carbocycles. The third-order valence-electron chi connectivity index (χ3n) is 2.28. The van der Waals surface area contributed by atoms with Crippen LogP contribution in [-0.4, -0.2) is 6.54 Å². The summed E-state index contributed by atoms with van der Waals surface area (Å²) in [6, 6.07) is 2.87. The van der Waals surface area contributed by atoms with Crippen LogP contribution in [0.4, 0.5) is 0 Å². The molecule has 0 radical (unpaired) electrons. The second-order valence-electron chi connectivity index (χ2n) is 3.12. The van der Waals surface area contributed by atoms with Crippen LogP contribution in [-0.2, 0) is 0 Å². The molecule has 0 unspecified atom stereocenters. The summed E-state index contributed by atoms with van der Waals surface area (Å²) in [5, 5.41) is 5.70. The highest BCUT2D eigenvalue weighted by molar-refractivity contribution is 7.10. The van der Waals surface area contributed by atoms with Gasteiger partial charge in [0.15, 0.2) is 0 Å². The summed E-state index contributed by atoms with van der Waals surface area (Å²) in [5.41, 5.74) is 1.45. The Morgan fingerprint density at radius 3 is 3.09 bits per heavy atom. The minimum Gasteiger partial charge on any atom is -0.309 e. The summed E-state index contributed by atoms with van der Waals surface area (Å²) in [5.74, 6) is 0. The minimum atomic E-state index is 0.662. The smallest absolute Gasteiger partial charge is 0.0417 e. The monoisotopic (exact) mass is 167 g/mol. The van der Waals surface area contributed by atoms with Crippen LogP contribution in [0.2, 0.25) is 0 Å². The van der Waals surface area contributed by atoms with E-state index < -0.39 is 0 Å². The topological polar surface area (TPSA) is 12.0 Å². The molecule has 0 aromatic carbocycles. The molecule has 1 aliphatic heterocycles. The molecule has 1 aromatic rings. The first-order valence-corrected chi connectivity index (χ1v) is 5.03.